The number of hydrogen-bond acceptors (Lipinski definition) is 6. The third-order valence-electron chi connectivity index (χ3n) is 8.69. The molecule has 8 nitrogen and oxygen atoms in total. The molecule has 1 atom stereocenters. The van der Waals surface area contributed by atoms with E-state index in [0.717, 1.165) is 96.2 Å². The smallest absolute Gasteiger partial charge is 0.251 e. The Hall–Kier alpha value is -4.21. The summed E-state index contributed by atoms with van der Waals surface area (Å²) in [6.45, 7) is 13.3. The molecule has 266 valence electrons. The molecule has 0 unspecified atom stereocenters. The van der Waals surface area contributed by atoms with Crippen LogP contribution in [0.1, 0.15) is 71.1 Å². The van der Waals surface area contributed by atoms with Crippen molar-refractivity contribution in [3.05, 3.63) is 96.1 Å². The number of anilines is 2. The van der Waals surface area contributed by atoms with Gasteiger partial charge in [0.05, 0.1) is 35.2 Å². The lowest BCUT2D eigenvalue weighted by Gasteiger charge is -2.30. The highest BCUT2D eigenvalue weighted by Gasteiger charge is 2.20. The van der Waals surface area contributed by atoms with Crippen molar-refractivity contribution in [3.63, 3.8) is 0 Å². The summed E-state index contributed by atoms with van der Waals surface area (Å²) in [6, 6.07) is 22.1. The van der Waals surface area contributed by atoms with Gasteiger partial charge in [-0.15, -0.1) is 0 Å². The number of carbonyl (C=O) groups excluding carboxylic acids is 1. The van der Waals surface area contributed by atoms with Crippen molar-refractivity contribution in [2.24, 2.45) is 5.92 Å². The molecule has 1 aliphatic rings. The number of hydrogen-bond donors (Lipinski definition) is 1. The van der Waals surface area contributed by atoms with Crippen LogP contribution in [0.2, 0.25) is 0 Å². The lowest BCUT2D eigenvalue weighted by atomic mass is 9.96. The molecule has 3 aromatic carbocycles. The van der Waals surface area contributed by atoms with Crippen LogP contribution in [0.5, 0.6) is 5.75 Å². The minimum absolute atomic E-state index is 0.115. The van der Waals surface area contributed by atoms with Gasteiger partial charge in [0.1, 0.15) is 12.4 Å². The highest BCUT2D eigenvalue weighted by atomic mass is 32.2. The Balaban J connectivity index is 1.30. The summed E-state index contributed by atoms with van der Waals surface area (Å²) in [5.41, 5.74) is 6.73. The highest BCUT2D eigenvalue weighted by Crippen LogP contribution is 2.33. The number of fused-ring (bicyclic) bond motifs is 1. The SMILES string of the molecule is CCCCOCCOc1ccc(-c2ccc3c(c2)/C=C(/C(=O)Nc2ccc([S@](=O)Cc4cncn4CCC)cc2)CCCN3CC(C)C)cc1. The molecule has 1 N–H and O–H groups in total. The highest BCUT2D eigenvalue weighted by molar-refractivity contribution is 7.84. The molecule has 0 saturated heterocycles. The summed E-state index contributed by atoms with van der Waals surface area (Å²) >= 11 is 0. The number of imidazole rings is 1. The van der Waals surface area contributed by atoms with Gasteiger partial charge in [0.15, 0.2) is 0 Å². The fraction of sp³-hybridized carbons (Fsp3) is 0.415. The van der Waals surface area contributed by atoms with Crippen LogP contribution in [0.3, 0.4) is 0 Å². The maximum atomic E-state index is 13.7. The quantitative estimate of drug-likeness (QED) is 0.111. The summed E-state index contributed by atoms with van der Waals surface area (Å²) in [4.78, 5) is 21.1. The van der Waals surface area contributed by atoms with Crippen molar-refractivity contribution in [2.45, 2.75) is 77.0 Å². The van der Waals surface area contributed by atoms with Gasteiger partial charge in [0, 0.05) is 54.3 Å². The average Bonchev–Trinajstić information content (AvgIpc) is 3.54. The van der Waals surface area contributed by atoms with Crippen LogP contribution in [0, 0.1) is 5.92 Å². The molecule has 4 aromatic rings. The number of aryl methyl sites for hydroxylation is 1. The Morgan fingerprint density at radius 1 is 0.960 bits per heavy atom. The van der Waals surface area contributed by atoms with Crippen molar-refractivity contribution in [1.82, 2.24) is 9.55 Å². The first-order valence-corrected chi connectivity index (χ1v) is 19.4. The van der Waals surface area contributed by atoms with Gasteiger partial charge in [0.25, 0.3) is 5.91 Å². The van der Waals surface area contributed by atoms with Crippen LogP contribution in [0.4, 0.5) is 11.4 Å². The summed E-state index contributed by atoms with van der Waals surface area (Å²) < 4.78 is 26.7. The van der Waals surface area contributed by atoms with Gasteiger partial charge in [-0.2, -0.15) is 0 Å². The van der Waals surface area contributed by atoms with Crippen molar-refractivity contribution in [1.29, 1.82) is 0 Å². The van der Waals surface area contributed by atoms with Gasteiger partial charge in [-0.25, -0.2) is 4.98 Å². The van der Waals surface area contributed by atoms with Crippen LogP contribution in [0.25, 0.3) is 17.2 Å². The number of unbranched alkanes of at least 4 members (excludes halogenated alkanes) is 1. The topological polar surface area (TPSA) is 85.7 Å². The molecule has 0 spiro atoms. The van der Waals surface area contributed by atoms with Crippen LogP contribution in [-0.2, 0) is 32.6 Å². The van der Waals surface area contributed by atoms with Crippen LogP contribution in [0.15, 0.2) is 89.7 Å². The van der Waals surface area contributed by atoms with E-state index >= 15 is 0 Å². The van der Waals surface area contributed by atoms with Gasteiger partial charge in [-0.1, -0.05) is 52.3 Å². The number of nitrogens with zero attached hydrogens (tertiary/aromatic N) is 3. The third-order valence-corrected chi connectivity index (χ3v) is 10.0. The van der Waals surface area contributed by atoms with Gasteiger partial charge in [0.2, 0.25) is 0 Å². The number of aromatic nitrogens is 2. The first-order valence-electron chi connectivity index (χ1n) is 18.0. The standard InChI is InChI=1S/C41H52N4O4S/c1-5-7-22-48-23-24-49-38-15-10-32(11-16-38)33-12-19-40-35(25-33)26-34(9-8-21-44(40)28-31(3)4)41(46)43-36-13-17-39(18-14-36)50(47)29-37-27-42-30-45(37)20-6-2/h10-19,25-27,30-31H,5-9,20-24,28-29H2,1-4H3,(H,43,46)/b34-26+/t50-/m1/s1. The maximum absolute atomic E-state index is 13.7. The van der Waals surface area contributed by atoms with Crippen molar-refractivity contribution < 1.29 is 18.5 Å². The number of rotatable bonds is 17. The molecule has 0 saturated carbocycles. The first-order chi connectivity index (χ1) is 24.3. The van der Waals surface area contributed by atoms with E-state index in [-0.39, 0.29) is 5.91 Å². The fourth-order valence-corrected chi connectivity index (χ4v) is 7.24. The predicted octanol–water partition coefficient (Wildman–Crippen LogP) is 8.74. The zero-order valence-electron chi connectivity index (χ0n) is 30.0. The van der Waals surface area contributed by atoms with Crippen LogP contribution >= 0.6 is 0 Å². The molecule has 1 amide bonds. The van der Waals surface area contributed by atoms with Crippen molar-refractivity contribution >= 4 is 34.2 Å². The number of benzene rings is 3. The van der Waals surface area contributed by atoms with Crippen LogP contribution < -0.4 is 15.0 Å². The zero-order valence-corrected chi connectivity index (χ0v) is 30.8. The zero-order chi connectivity index (χ0) is 35.3. The Morgan fingerprint density at radius 2 is 1.74 bits per heavy atom. The van der Waals surface area contributed by atoms with E-state index in [9.17, 15) is 9.00 Å². The second-order valence-electron chi connectivity index (χ2n) is 13.3. The van der Waals surface area contributed by atoms with Gasteiger partial charge < -0.3 is 24.3 Å². The minimum Gasteiger partial charge on any atom is -0.491 e. The van der Waals surface area contributed by atoms with Crippen LogP contribution in [-0.4, -0.2) is 52.6 Å². The van der Waals surface area contributed by atoms with Gasteiger partial charge >= 0.3 is 0 Å². The van der Waals surface area contributed by atoms with E-state index in [1.165, 1.54) is 0 Å². The largest absolute Gasteiger partial charge is 0.491 e. The molecule has 0 fully saturated rings. The molecule has 0 radical (unpaired) electrons. The predicted molar refractivity (Wildman–Crippen MR) is 205 cm³/mol. The molecule has 9 heteroatoms. The van der Waals surface area contributed by atoms with Gasteiger partial charge in [-0.05, 0) is 103 Å². The Bertz CT molecular complexity index is 1730. The lowest BCUT2D eigenvalue weighted by Crippen LogP contribution is -2.30. The summed E-state index contributed by atoms with van der Waals surface area (Å²) in [6.07, 6.45) is 10.4. The summed E-state index contributed by atoms with van der Waals surface area (Å²) in [5, 5.41) is 3.10. The molecule has 50 heavy (non-hydrogen) atoms. The number of ether oxygens (including phenoxy) is 2. The fourth-order valence-electron chi connectivity index (χ4n) is 6.13. The monoisotopic (exact) mass is 696 g/mol. The minimum atomic E-state index is -1.21. The Labute approximate surface area is 300 Å². The first kappa shape index (κ1) is 37.1. The van der Waals surface area contributed by atoms with Crippen molar-refractivity contribution in [3.8, 4) is 16.9 Å². The lowest BCUT2D eigenvalue weighted by molar-refractivity contribution is -0.112. The van der Waals surface area contributed by atoms with E-state index in [4.69, 9.17) is 9.47 Å². The number of amides is 1. The molecular weight excluding hydrogens is 645 g/mol. The molecule has 0 aliphatic carbocycles. The molecular formula is C41H52N4O4S. The molecule has 2 heterocycles. The molecule has 1 aliphatic heterocycles. The van der Waals surface area contributed by atoms with E-state index in [1.54, 1.807) is 12.5 Å². The second-order valence-corrected chi connectivity index (χ2v) is 14.7. The third kappa shape index (κ3) is 10.4. The maximum Gasteiger partial charge on any atom is 0.251 e. The molecule has 5 rings (SSSR count). The Kier molecular flexibility index (Phi) is 13.9. The van der Waals surface area contributed by atoms with E-state index < -0.39 is 10.8 Å². The van der Waals surface area contributed by atoms with E-state index in [0.29, 0.717) is 37.0 Å². The molecule has 1 aromatic heterocycles. The average molecular weight is 697 g/mol. The van der Waals surface area contributed by atoms with Gasteiger partial charge in [-0.3, -0.25) is 9.00 Å². The van der Waals surface area contributed by atoms with Crippen molar-refractivity contribution in [2.75, 3.05) is 43.1 Å². The van der Waals surface area contributed by atoms with E-state index in [1.807, 2.05) is 36.4 Å². The second kappa shape index (κ2) is 18.7. The van der Waals surface area contributed by atoms with E-state index in [2.05, 4.69) is 83.9 Å². The molecule has 0 bridgehead atoms. The normalized spacial score (nSPS) is 14.7. The number of nitrogens with one attached hydrogen (secondary N) is 1. The Morgan fingerprint density at radius 3 is 2.48 bits per heavy atom. The number of carbonyl (C=O) groups is 1. The summed E-state index contributed by atoms with van der Waals surface area (Å²) in [5.74, 6) is 1.62. The summed E-state index contributed by atoms with van der Waals surface area (Å²) in [7, 11) is -1.21.